The number of benzene rings is 2. The topological polar surface area (TPSA) is 64.4 Å². The van der Waals surface area contributed by atoms with Gasteiger partial charge in [0.2, 0.25) is 0 Å². The van der Waals surface area contributed by atoms with Crippen molar-refractivity contribution in [2.45, 2.75) is 6.92 Å². The van der Waals surface area contributed by atoms with Gasteiger partial charge in [0, 0.05) is 48.0 Å². The molecule has 132 valence electrons. The molecule has 0 aromatic heterocycles. The van der Waals surface area contributed by atoms with Crippen LogP contribution in [-0.2, 0) is 0 Å². The lowest BCUT2D eigenvalue weighted by Gasteiger charge is -2.37. The molecule has 2 aromatic rings. The third kappa shape index (κ3) is 3.71. The predicted octanol–water partition coefficient (Wildman–Crippen LogP) is 3.38. The maximum absolute atomic E-state index is 12.6. The Bertz CT molecular complexity index is 879. The monoisotopic (exact) mass is 367 g/mol. The van der Waals surface area contributed by atoms with E-state index in [2.05, 4.69) is 11.0 Å². The van der Waals surface area contributed by atoms with Gasteiger partial charge in [-0.1, -0.05) is 11.6 Å². The van der Waals surface area contributed by atoms with Crippen molar-refractivity contribution in [1.82, 2.24) is 4.90 Å². The summed E-state index contributed by atoms with van der Waals surface area (Å²) in [5.74, 6) is -0.0666. The largest absolute Gasteiger partial charge is 0.367 e. The van der Waals surface area contributed by atoms with Crippen LogP contribution in [0.25, 0.3) is 0 Å². The van der Waals surface area contributed by atoms with Gasteiger partial charge in [-0.25, -0.2) is 0 Å². The minimum Gasteiger partial charge on any atom is -0.367 e. The van der Waals surface area contributed by atoms with E-state index in [0.29, 0.717) is 47.9 Å². The lowest BCUT2D eigenvalue weighted by molar-refractivity contribution is 0.0746. The van der Waals surface area contributed by atoms with E-state index < -0.39 is 0 Å². The zero-order chi connectivity index (χ0) is 18.7. The molecule has 0 spiro atoms. The number of hydrogen-bond donors (Lipinski definition) is 0. The van der Waals surface area contributed by atoms with Gasteiger partial charge in [0.25, 0.3) is 5.91 Å². The van der Waals surface area contributed by atoms with Gasteiger partial charge in [0.05, 0.1) is 11.6 Å². The van der Waals surface area contributed by atoms with E-state index in [4.69, 9.17) is 16.9 Å². The zero-order valence-electron chi connectivity index (χ0n) is 14.4. The highest BCUT2D eigenvalue weighted by molar-refractivity contribution is 6.30. The first-order chi connectivity index (χ1) is 12.5. The van der Waals surface area contributed by atoms with Crippen molar-refractivity contribution in [2.75, 3.05) is 31.1 Å². The molecule has 1 aliphatic rings. The van der Waals surface area contributed by atoms with E-state index in [0.717, 1.165) is 5.69 Å². The molecule has 2 aromatic carbocycles. The minimum absolute atomic E-state index is 0.0288. The van der Waals surface area contributed by atoms with Crippen molar-refractivity contribution in [3.05, 3.63) is 64.2 Å². The van der Waals surface area contributed by atoms with E-state index >= 15 is 0 Å². The van der Waals surface area contributed by atoms with Gasteiger partial charge < -0.3 is 9.80 Å². The lowest BCUT2D eigenvalue weighted by atomic mass is 10.0. The lowest BCUT2D eigenvalue weighted by Crippen LogP contribution is -2.49. The van der Waals surface area contributed by atoms with E-state index in [1.54, 1.807) is 47.4 Å². The molecular weight excluding hydrogens is 350 g/mol. The van der Waals surface area contributed by atoms with Crippen molar-refractivity contribution in [3.8, 4) is 6.07 Å². The van der Waals surface area contributed by atoms with Crippen LogP contribution >= 0.6 is 11.6 Å². The summed E-state index contributed by atoms with van der Waals surface area (Å²) in [6, 6.07) is 14.1. The molecule has 0 unspecified atom stereocenters. The van der Waals surface area contributed by atoms with Crippen LogP contribution in [0.3, 0.4) is 0 Å². The Kier molecular flexibility index (Phi) is 5.24. The fraction of sp³-hybridized carbons (Fsp3) is 0.250. The van der Waals surface area contributed by atoms with Crippen molar-refractivity contribution >= 4 is 29.0 Å². The van der Waals surface area contributed by atoms with Crippen molar-refractivity contribution in [3.63, 3.8) is 0 Å². The van der Waals surface area contributed by atoms with Gasteiger partial charge in [-0.05, 0) is 49.4 Å². The number of ketones is 1. The third-order valence-corrected chi connectivity index (χ3v) is 4.76. The number of hydrogen-bond acceptors (Lipinski definition) is 4. The molecular formula is C20H18ClN3O2. The second-order valence-corrected chi connectivity index (χ2v) is 6.62. The quantitative estimate of drug-likeness (QED) is 0.780. The third-order valence-electron chi connectivity index (χ3n) is 4.50. The average molecular weight is 368 g/mol. The summed E-state index contributed by atoms with van der Waals surface area (Å²) in [5.41, 5.74) is 2.49. The first-order valence-corrected chi connectivity index (χ1v) is 8.72. The van der Waals surface area contributed by atoms with E-state index in [1.807, 2.05) is 0 Å². The number of carbonyl (C=O) groups excluding carboxylic acids is 2. The SMILES string of the molecule is CC(=O)c1ccc(C#N)cc1N1CCN(C(=O)c2ccc(Cl)cc2)CC1. The first-order valence-electron chi connectivity index (χ1n) is 8.34. The molecule has 26 heavy (non-hydrogen) atoms. The molecule has 0 aliphatic carbocycles. The van der Waals surface area contributed by atoms with Gasteiger partial charge in [-0.2, -0.15) is 5.26 Å². The van der Waals surface area contributed by atoms with Crippen molar-refractivity contribution in [1.29, 1.82) is 5.26 Å². The summed E-state index contributed by atoms with van der Waals surface area (Å²) in [7, 11) is 0. The van der Waals surface area contributed by atoms with Crippen LogP contribution < -0.4 is 4.90 Å². The van der Waals surface area contributed by atoms with Gasteiger partial charge in [-0.3, -0.25) is 9.59 Å². The molecule has 6 heteroatoms. The number of piperazine rings is 1. The van der Waals surface area contributed by atoms with Gasteiger partial charge in [0.1, 0.15) is 0 Å². The fourth-order valence-corrected chi connectivity index (χ4v) is 3.21. The minimum atomic E-state index is -0.0378. The molecule has 5 nitrogen and oxygen atoms in total. The summed E-state index contributed by atoms with van der Waals surface area (Å²) in [6.45, 7) is 3.83. The van der Waals surface area contributed by atoms with Crippen LogP contribution in [0.5, 0.6) is 0 Å². The van der Waals surface area contributed by atoms with Crippen LogP contribution in [0.4, 0.5) is 5.69 Å². The first kappa shape index (κ1) is 18.0. The highest BCUT2D eigenvalue weighted by Crippen LogP contribution is 2.25. The normalized spacial score (nSPS) is 14.0. The van der Waals surface area contributed by atoms with Crippen LogP contribution in [-0.4, -0.2) is 42.8 Å². The maximum Gasteiger partial charge on any atom is 0.253 e. The Morgan fingerprint density at radius 2 is 1.69 bits per heavy atom. The maximum atomic E-state index is 12.6. The number of nitriles is 1. The number of amides is 1. The van der Waals surface area contributed by atoms with E-state index in [-0.39, 0.29) is 11.7 Å². The van der Waals surface area contributed by atoms with Crippen LogP contribution in [0.1, 0.15) is 33.2 Å². The number of rotatable bonds is 3. The highest BCUT2D eigenvalue weighted by atomic mass is 35.5. The molecule has 1 saturated heterocycles. The van der Waals surface area contributed by atoms with Gasteiger partial charge >= 0.3 is 0 Å². The second kappa shape index (κ2) is 7.59. The summed E-state index contributed by atoms with van der Waals surface area (Å²) < 4.78 is 0. The molecule has 1 fully saturated rings. The number of Topliss-reactive ketones (excluding diaryl/α,β-unsaturated/α-hetero) is 1. The Balaban J connectivity index is 1.74. The summed E-state index contributed by atoms with van der Waals surface area (Å²) in [5, 5.41) is 9.73. The standard InChI is InChI=1S/C20H18ClN3O2/c1-14(25)18-7-2-15(13-22)12-19(18)23-8-10-24(11-9-23)20(26)16-3-5-17(21)6-4-16/h2-7,12H,8-11H2,1H3. The second-order valence-electron chi connectivity index (χ2n) is 6.19. The van der Waals surface area contributed by atoms with Crippen molar-refractivity contribution in [2.24, 2.45) is 0 Å². The van der Waals surface area contributed by atoms with E-state index in [1.165, 1.54) is 6.92 Å². The summed E-state index contributed by atoms with van der Waals surface area (Å²) in [6.07, 6.45) is 0. The van der Waals surface area contributed by atoms with Gasteiger partial charge in [-0.15, -0.1) is 0 Å². The summed E-state index contributed by atoms with van der Waals surface area (Å²) in [4.78, 5) is 28.4. The van der Waals surface area contributed by atoms with Crippen LogP contribution in [0, 0.1) is 11.3 Å². The molecule has 1 amide bonds. The van der Waals surface area contributed by atoms with Crippen LogP contribution in [0.15, 0.2) is 42.5 Å². The van der Waals surface area contributed by atoms with E-state index in [9.17, 15) is 9.59 Å². The Morgan fingerprint density at radius 3 is 2.27 bits per heavy atom. The molecule has 0 bridgehead atoms. The molecule has 1 aliphatic heterocycles. The Hall–Kier alpha value is -2.84. The molecule has 0 saturated carbocycles. The number of halogens is 1. The number of carbonyl (C=O) groups is 2. The smallest absolute Gasteiger partial charge is 0.253 e. The summed E-state index contributed by atoms with van der Waals surface area (Å²) >= 11 is 5.87. The molecule has 0 radical (unpaired) electrons. The molecule has 1 heterocycles. The predicted molar refractivity (Wildman–Crippen MR) is 101 cm³/mol. The van der Waals surface area contributed by atoms with Crippen molar-refractivity contribution < 1.29 is 9.59 Å². The average Bonchev–Trinajstić information content (AvgIpc) is 2.67. The van der Waals surface area contributed by atoms with Gasteiger partial charge in [0.15, 0.2) is 5.78 Å². The Labute approximate surface area is 157 Å². The number of nitrogens with zero attached hydrogens (tertiary/aromatic N) is 3. The fourth-order valence-electron chi connectivity index (χ4n) is 3.09. The molecule has 3 rings (SSSR count). The molecule has 0 atom stereocenters. The van der Waals surface area contributed by atoms with Crippen LogP contribution in [0.2, 0.25) is 5.02 Å². The Morgan fingerprint density at radius 1 is 1.04 bits per heavy atom. The molecule has 0 N–H and O–H groups in total. The number of anilines is 1. The highest BCUT2D eigenvalue weighted by Gasteiger charge is 2.24. The zero-order valence-corrected chi connectivity index (χ0v) is 15.2.